The van der Waals surface area contributed by atoms with Crippen LogP contribution in [0.2, 0.25) is 0 Å². The summed E-state index contributed by atoms with van der Waals surface area (Å²) in [7, 11) is 0. The van der Waals surface area contributed by atoms with Crippen molar-refractivity contribution in [2.24, 2.45) is 0 Å². The molecule has 2 rings (SSSR count). The molecule has 0 aromatic rings. The van der Waals surface area contributed by atoms with E-state index < -0.39 is 0 Å². The van der Waals surface area contributed by atoms with E-state index in [1.165, 1.54) is 0 Å². The quantitative estimate of drug-likeness (QED) is 0.696. The first-order chi connectivity index (χ1) is 9.69. The van der Waals surface area contributed by atoms with Gasteiger partial charge in [-0.1, -0.05) is 0 Å². The van der Waals surface area contributed by atoms with Gasteiger partial charge in [-0.25, -0.2) is 4.79 Å². The summed E-state index contributed by atoms with van der Waals surface area (Å²) < 4.78 is 0. The van der Waals surface area contributed by atoms with Crippen LogP contribution >= 0.6 is 24.2 Å². The number of carbonyl (C=O) groups is 2. The lowest BCUT2D eigenvalue weighted by molar-refractivity contribution is -0.122. The molecule has 3 amide bonds. The number of nitrogens with zero attached hydrogens (tertiary/aromatic N) is 1. The second kappa shape index (κ2) is 9.38. The molecule has 2 heterocycles. The molecule has 21 heavy (non-hydrogen) atoms. The fourth-order valence-corrected chi connectivity index (χ4v) is 3.54. The lowest BCUT2D eigenvalue weighted by atomic mass is 10.2. The normalized spacial score (nSPS) is 25.1. The van der Waals surface area contributed by atoms with Gasteiger partial charge in [-0.15, -0.1) is 12.4 Å². The first-order valence-corrected chi connectivity index (χ1v) is 8.47. The van der Waals surface area contributed by atoms with Crippen LogP contribution in [0.3, 0.4) is 0 Å². The molecule has 2 atom stereocenters. The van der Waals surface area contributed by atoms with E-state index in [1.54, 1.807) is 4.90 Å². The van der Waals surface area contributed by atoms with Crippen LogP contribution in [-0.4, -0.2) is 66.6 Å². The van der Waals surface area contributed by atoms with Crippen LogP contribution in [-0.2, 0) is 4.79 Å². The Morgan fingerprint density at radius 1 is 1.43 bits per heavy atom. The Balaban J connectivity index is 0.00000220. The second-order valence-corrected chi connectivity index (χ2v) is 6.41. The highest BCUT2D eigenvalue weighted by molar-refractivity contribution is 7.99. The standard InChI is InChI=1S/C13H24N4O2S.ClH/c1-2-14-13(19)17-5-3-10(8-17)16-12(18)7-11-9-20-6-4-15-11;/h10-11,15H,2-9H2,1H3,(H,14,19)(H,16,18);1H. The van der Waals surface area contributed by atoms with Crippen LogP contribution in [0.4, 0.5) is 4.79 Å². The van der Waals surface area contributed by atoms with Crippen LogP contribution in [0.1, 0.15) is 19.8 Å². The number of hydrogen-bond donors (Lipinski definition) is 3. The maximum absolute atomic E-state index is 12.0. The summed E-state index contributed by atoms with van der Waals surface area (Å²) >= 11 is 1.89. The molecular formula is C13H25ClN4O2S. The number of thioether (sulfide) groups is 1. The molecule has 6 nitrogen and oxygen atoms in total. The average molecular weight is 337 g/mol. The van der Waals surface area contributed by atoms with Crippen molar-refractivity contribution >= 4 is 36.1 Å². The van der Waals surface area contributed by atoms with Gasteiger partial charge in [0.25, 0.3) is 0 Å². The van der Waals surface area contributed by atoms with Crippen molar-refractivity contribution in [2.45, 2.75) is 31.8 Å². The van der Waals surface area contributed by atoms with E-state index in [2.05, 4.69) is 16.0 Å². The minimum Gasteiger partial charge on any atom is -0.351 e. The Labute approximate surface area is 136 Å². The Morgan fingerprint density at radius 2 is 2.24 bits per heavy atom. The number of likely N-dealkylation sites (tertiary alicyclic amines) is 1. The zero-order valence-corrected chi connectivity index (χ0v) is 14.0. The third-order valence-electron chi connectivity index (χ3n) is 3.60. The molecule has 2 aliphatic rings. The second-order valence-electron chi connectivity index (χ2n) is 5.26. The smallest absolute Gasteiger partial charge is 0.317 e. The zero-order chi connectivity index (χ0) is 14.4. The van der Waals surface area contributed by atoms with Gasteiger partial charge in [0.05, 0.1) is 0 Å². The van der Waals surface area contributed by atoms with E-state index in [0.717, 1.165) is 24.5 Å². The van der Waals surface area contributed by atoms with E-state index in [-0.39, 0.29) is 36.4 Å². The molecule has 0 bridgehead atoms. The molecular weight excluding hydrogens is 312 g/mol. The minimum atomic E-state index is -0.0328. The molecule has 122 valence electrons. The molecule has 2 aliphatic heterocycles. The highest BCUT2D eigenvalue weighted by atomic mass is 35.5. The van der Waals surface area contributed by atoms with Gasteiger partial charge in [0.2, 0.25) is 5.91 Å². The molecule has 2 saturated heterocycles. The Bertz CT molecular complexity index is 353. The van der Waals surface area contributed by atoms with Crippen LogP contribution in [0.5, 0.6) is 0 Å². The molecule has 0 saturated carbocycles. The third-order valence-corrected chi connectivity index (χ3v) is 4.73. The van der Waals surface area contributed by atoms with Crippen molar-refractivity contribution in [3.8, 4) is 0 Å². The molecule has 0 aliphatic carbocycles. The predicted molar refractivity (Wildman–Crippen MR) is 88.2 cm³/mol. The lowest BCUT2D eigenvalue weighted by Gasteiger charge is -2.23. The average Bonchev–Trinajstić information content (AvgIpc) is 2.88. The molecule has 8 heteroatoms. The number of urea groups is 1. The fraction of sp³-hybridized carbons (Fsp3) is 0.846. The van der Waals surface area contributed by atoms with E-state index in [0.29, 0.717) is 26.1 Å². The largest absolute Gasteiger partial charge is 0.351 e. The topological polar surface area (TPSA) is 73.5 Å². The number of hydrogen-bond acceptors (Lipinski definition) is 4. The van der Waals surface area contributed by atoms with Gasteiger partial charge in [-0.3, -0.25) is 4.79 Å². The van der Waals surface area contributed by atoms with Crippen molar-refractivity contribution in [2.75, 3.05) is 37.7 Å². The Hall–Kier alpha value is -0.660. The predicted octanol–water partition coefficient (Wildman–Crippen LogP) is 0.423. The zero-order valence-electron chi connectivity index (χ0n) is 12.4. The molecule has 0 aromatic carbocycles. The van der Waals surface area contributed by atoms with E-state index in [4.69, 9.17) is 0 Å². The maximum Gasteiger partial charge on any atom is 0.317 e. The fourth-order valence-electron chi connectivity index (χ4n) is 2.59. The van der Waals surface area contributed by atoms with Crippen molar-refractivity contribution in [3.05, 3.63) is 0 Å². The number of carbonyl (C=O) groups excluding carboxylic acids is 2. The van der Waals surface area contributed by atoms with Gasteiger partial charge in [0.1, 0.15) is 0 Å². The van der Waals surface area contributed by atoms with Crippen LogP contribution in [0, 0.1) is 0 Å². The van der Waals surface area contributed by atoms with Crippen molar-refractivity contribution in [1.82, 2.24) is 20.9 Å². The monoisotopic (exact) mass is 336 g/mol. The maximum atomic E-state index is 12.0. The number of nitrogens with one attached hydrogen (secondary N) is 3. The Morgan fingerprint density at radius 3 is 2.90 bits per heavy atom. The first kappa shape index (κ1) is 18.4. The summed E-state index contributed by atoms with van der Waals surface area (Å²) in [5.74, 6) is 2.22. The number of halogens is 1. The summed E-state index contributed by atoms with van der Waals surface area (Å²) in [6, 6.07) is 0.352. The van der Waals surface area contributed by atoms with E-state index >= 15 is 0 Å². The van der Waals surface area contributed by atoms with Gasteiger partial charge in [-0.2, -0.15) is 11.8 Å². The summed E-state index contributed by atoms with van der Waals surface area (Å²) in [5, 5.41) is 9.19. The molecule has 0 spiro atoms. The SMILES string of the molecule is CCNC(=O)N1CCC(NC(=O)CC2CSCCN2)C1.Cl. The summed E-state index contributed by atoms with van der Waals surface area (Å²) in [4.78, 5) is 25.4. The molecule has 0 radical (unpaired) electrons. The summed E-state index contributed by atoms with van der Waals surface area (Å²) in [5.41, 5.74) is 0. The van der Waals surface area contributed by atoms with Crippen molar-refractivity contribution in [1.29, 1.82) is 0 Å². The molecule has 3 N–H and O–H groups in total. The van der Waals surface area contributed by atoms with Crippen LogP contribution < -0.4 is 16.0 Å². The van der Waals surface area contributed by atoms with Gasteiger partial charge in [-0.05, 0) is 13.3 Å². The van der Waals surface area contributed by atoms with Gasteiger partial charge >= 0.3 is 6.03 Å². The lowest BCUT2D eigenvalue weighted by Crippen LogP contribution is -2.45. The van der Waals surface area contributed by atoms with Gasteiger partial charge < -0.3 is 20.9 Å². The van der Waals surface area contributed by atoms with Crippen molar-refractivity contribution < 1.29 is 9.59 Å². The minimum absolute atomic E-state index is 0. The van der Waals surface area contributed by atoms with Gasteiger partial charge in [0.15, 0.2) is 0 Å². The van der Waals surface area contributed by atoms with E-state index in [1.807, 2.05) is 18.7 Å². The van der Waals surface area contributed by atoms with Crippen LogP contribution in [0.25, 0.3) is 0 Å². The molecule has 2 unspecified atom stereocenters. The van der Waals surface area contributed by atoms with Crippen molar-refractivity contribution in [3.63, 3.8) is 0 Å². The highest BCUT2D eigenvalue weighted by Gasteiger charge is 2.27. The first-order valence-electron chi connectivity index (χ1n) is 7.32. The molecule has 2 fully saturated rings. The van der Waals surface area contributed by atoms with E-state index in [9.17, 15) is 9.59 Å². The summed E-state index contributed by atoms with van der Waals surface area (Å²) in [6.07, 6.45) is 1.38. The number of amides is 3. The molecule has 0 aromatic heterocycles. The highest BCUT2D eigenvalue weighted by Crippen LogP contribution is 2.12. The third kappa shape index (κ3) is 5.92. The van der Waals surface area contributed by atoms with Gasteiger partial charge in [0, 0.05) is 56.2 Å². The summed E-state index contributed by atoms with van der Waals surface area (Å²) in [6.45, 7) is 4.86. The Kier molecular flexibility index (Phi) is 8.21. The van der Waals surface area contributed by atoms with Crippen LogP contribution in [0.15, 0.2) is 0 Å². The number of rotatable bonds is 4.